The van der Waals surface area contributed by atoms with E-state index in [2.05, 4.69) is 0 Å². The minimum atomic E-state index is -4.28. The van der Waals surface area contributed by atoms with Crippen molar-refractivity contribution in [3.8, 4) is 10.4 Å². The Morgan fingerprint density at radius 2 is 1.46 bits per heavy atom. The molecular formula is C19H19ClF3S+. The number of halogens is 4. The summed E-state index contributed by atoms with van der Waals surface area (Å²) in [6.45, 7) is 5.88. The van der Waals surface area contributed by atoms with Crippen LogP contribution in [0.25, 0.3) is 20.5 Å². The van der Waals surface area contributed by atoms with Crippen LogP contribution < -0.4 is 0 Å². The van der Waals surface area contributed by atoms with Gasteiger partial charge < -0.3 is 0 Å². The summed E-state index contributed by atoms with van der Waals surface area (Å²) in [6, 6.07) is 16.0. The number of fused-ring (bicyclic) bond motifs is 1. The summed E-state index contributed by atoms with van der Waals surface area (Å²) >= 11 is 0. The van der Waals surface area contributed by atoms with Crippen LogP contribution in [0, 0.1) is 0 Å². The molecule has 0 saturated carbocycles. The molecule has 3 aromatic rings. The lowest BCUT2D eigenvalue weighted by molar-refractivity contribution is -0.0864. The fourth-order valence-electron chi connectivity index (χ4n) is 2.84. The van der Waals surface area contributed by atoms with Crippen LogP contribution in [0.2, 0.25) is 0 Å². The highest BCUT2D eigenvalue weighted by atomic mass is 35.5. The molecule has 1 atom stereocenters. The van der Waals surface area contributed by atoms with Gasteiger partial charge in [-0.25, -0.2) is 0 Å². The maximum absolute atomic E-state index is 13.9. The van der Waals surface area contributed by atoms with Crippen LogP contribution in [-0.2, 0) is 10.9 Å². The van der Waals surface area contributed by atoms with E-state index in [0.29, 0.717) is 20.5 Å². The van der Waals surface area contributed by atoms with Crippen LogP contribution in [0.1, 0.15) is 26.3 Å². The van der Waals surface area contributed by atoms with Crippen molar-refractivity contribution in [1.82, 2.24) is 0 Å². The topological polar surface area (TPSA) is 0 Å². The second kappa shape index (κ2) is 6.41. The van der Waals surface area contributed by atoms with E-state index < -0.39 is 16.0 Å². The smallest absolute Gasteiger partial charge is 0.147 e. The highest BCUT2D eigenvalue weighted by molar-refractivity contribution is 7.41. The SMILES string of the molecule is CC(C)(C)c1cccc2cc(-c3ccccc3)[s+](C(F)(F)F)c12.Cl. The van der Waals surface area contributed by atoms with E-state index in [0.717, 1.165) is 5.56 Å². The van der Waals surface area contributed by atoms with E-state index in [4.69, 9.17) is 0 Å². The van der Waals surface area contributed by atoms with E-state index in [9.17, 15) is 13.2 Å². The normalized spacial score (nSPS) is 13.0. The molecule has 1 unspecified atom stereocenters. The van der Waals surface area contributed by atoms with Gasteiger partial charge in [0.15, 0.2) is 9.58 Å². The number of hydrogen-bond donors (Lipinski definition) is 0. The number of hydrogen-bond acceptors (Lipinski definition) is 0. The third kappa shape index (κ3) is 3.31. The van der Waals surface area contributed by atoms with Gasteiger partial charge in [0.1, 0.15) is 10.5 Å². The van der Waals surface area contributed by atoms with Crippen LogP contribution >= 0.6 is 22.9 Å². The number of benzene rings is 2. The Morgan fingerprint density at radius 3 is 2.00 bits per heavy atom. The van der Waals surface area contributed by atoms with Crippen molar-refractivity contribution in [2.75, 3.05) is 0 Å². The van der Waals surface area contributed by atoms with Gasteiger partial charge in [-0.2, -0.15) is 0 Å². The van der Waals surface area contributed by atoms with Crippen LogP contribution in [-0.4, -0.2) is 0 Å². The minimum Gasteiger partial charge on any atom is -0.147 e. The predicted molar refractivity (Wildman–Crippen MR) is 99.1 cm³/mol. The molecule has 0 fully saturated rings. The summed E-state index contributed by atoms with van der Waals surface area (Å²) in [4.78, 5) is 0.366. The third-order valence-electron chi connectivity index (χ3n) is 3.85. The third-order valence-corrected chi connectivity index (χ3v) is 5.97. The van der Waals surface area contributed by atoms with Crippen molar-refractivity contribution < 1.29 is 13.2 Å². The predicted octanol–water partition coefficient (Wildman–Crippen LogP) is 7.45. The average molecular weight is 372 g/mol. The molecule has 0 aliphatic carbocycles. The molecule has 0 spiro atoms. The molecule has 0 radical (unpaired) electrons. The highest BCUT2D eigenvalue weighted by Crippen LogP contribution is 2.56. The van der Waals surface area contributed by atoms with E-state index >= 15 is 0 Å². The summed E-state index contributed by atoms with van der Waals surface area (Å²) in [6.07, 6.45) is 0. The molecule has 0 amide bonds. The van der Waals surface area contributed by atoms with Crippen molar-refractivity contribution in [3.05, 3.63) is 60.2 Å². The van der Waals surface area contributed by atoms with Gasteiger partial charge in [-0.3, -0.25) is 0 Å². The maximum Gasteiger partial charge on any atom is 0.601 e. The fourth-order valence-corrected chi connectivity index (χ4v) is 5.12. The van der Waals surface area contributed by atoms with Crippen LogP contribution in [0.5, 0.6) is 0 Å². The first-order valence-corrected chi connectivity index (χ1v) is 8.64. The Morgan fingerprint density at radius 1 is 0.833 bits per heavy atom. The summed E-state index contributed by atoms with van der Waals surface area (Å²) in [5.74, 6) is 0. The van der Waals surface area contributed by atoms with Crippen LogP contribution in [0.15, 0.2) is 54.6 Å². The largest absolute Gasteiger partial charge is 0.601 e. The van der Waals surface area contributed by atoms with Gasteiger partial charge in [0.25, 0.3) is 0 Å². The molecule has 0 nitrogen and oxygen atoms in total. The van der Waals surface area contributed by atoms with E-state index in [-0.39, 0.29) is 17.8 Å². The number of rotatable bonds is 1. The van der Waals surface area contributed by atoms with E-state index in [1.165, 1.54) is 0 Å². The first-order chi connectivity index (χ1) is 10.7. The second-order valence-electron chi connectivity index (χ2n) is 6.60. The molecule has 1 aromatic heterocycles. The van der Waals surface area contributed by atoms with Crippen molar-refractivity contribution in [1.29, 1.82) is 0 Å². The molecular weight excluding hydrogens is 353 g/mol. The lowest BCUT2D eigenvalue weighted by atomic mass is 9.86. The zero-order valence-electron chi connectivity index (χ0n) is 13.6. The van der Waals surface area contributed by atoms with Gasteiger partial charge in [-0.15, -0.1) is 25.6 Å². The Balaban J connectivity index is 0.00000208. The number of thiophene rings is 1. The van der Waals surface area contributed by atoms with Gasteiger partial charge in [0.05, 0.1) is 0 Å². The Hall–Kier alpha value is -1.52. The van der Waals surface area contributed by atoms with Crippen molar-refractivity contribution in [3.63, 3.8) is 0 Å². The maximum atomic E-state index is 13.9. The molecule has 24 heavy (non-hydrogen) atoms. The highest BCUT2D eigenvalue weighted by Gasteiger charge is 2.49. The quantitative estimate of drug-likeness (QED) is 0.389. The molecule has 1 heterocycles. The van der Waals surface area contributed by atoms with Crippen molar-refractivity contribution in [2.24, 2.45) is 0 Å². The lowest BCUT2D eigenvalue weighted by Crippen LogP contribution is -2.11. The minimum absolute atomic E-state index is 0. The Bertz CT molecular complexity index is 843. The number of alkyl halides is 3. The molecule has 0 aliphatic heterocycles. The lowest BCUT2D eigenvalue weighted by Gasteiger charge is -2.18. The zero-order valence-corrected chi connectivity index (χ0v) is 15.3. The second-order valence-corrected chi connectivity index (χ2v) is 8.52. The first-order valence-electron chi connectivity index (χ1n) is 7.41. The van der Waals surface area contributed by atoms with Gasteiger partial charge in [0.2, 0.25) is 0 Å². The van der Waals surface area contributed by atoms with Gasteiger partial charge in [0, 0.05) is 22.6 Å². The summed E-state index contributed by atoms with van der Waals surface area (Å²) in [5.41, 5.74) is -3.20. The van der Waals surface area contributed by atoms with E-state index in [1.807, 2.05) is 39.0 Å². The standard InChI is InChI=1S/C19H18F3S.ClH/c1-18(2,3)15-11-7-10-14-12-16(13-8-5-4-6-9-13)23(17(14)15)19(20,21)22;/h4-12H,1-3H3;1H/q+1;. The molecule has 3 rings (SSSR count). The van der Waals surface area contributed by atoms with Crippen LogP contribution in [0.4, 0.5) is 13.2 Å². The molecule has 0 aliphatic rings. The Kier molecular flexibility index (Phi) is 5.03. The van der Waals surface area contributed by atoms with Crippen molar-refractivity contribution >= 4 is 33.0 Å². The van der Waals surface area contributed by atoms with Gasteiger partial charge in [-0.05, 0) is 23.6 Å². The van der Waals surface area contributed by atoms with Gasteiger partial charge >= 0.3 is 5.51 Å². The molecule has 2 aromatic carbocycles. The molecule has 0 N–H and O–H groups in total. The summed E-state index contributed by atoms with van der Waals surface area (Å²) in [7, 11) is -1.91. The monoisotopic (exact) mass is 371 g/mol. The van der Waals surface area contributed by atoms with Crippen molar-refractivity contribution in [2.45, 2.75) is 31.7 Å². The molecule has 128 valence electrons. The molecule has 0 bridgehead atoms. The fraction of sp³-hybridized carbons (Fsp3) is 0.263. The van der Waals surface area contributed by atoms with Gasteiger partial charge in [-0.1, -0.05) is 51.1 Å². The van der Waals surface area contributed by atoms with Crippen LogP contribution in [0.3, 0.4) is 0 Å². The summed E-state index contributed by atoms with van der Waals surface area (Å²) < 4.78 is 42.2. The average Bonchev–Trinajstić information content (AvgIpc) is 2.86. The summed E-state index contributed by atoms with van der Waals surface area (Å²) in [5, 5.41) is 0.692. The molecule has 5 heteroatoms. The first kappa shape index (κ1) is 18.8. The van der Waals surface area contributed by atoms with E-state index in [1.54, 1.807) is 36.4 Å². The zero-order chi connectivity index (χ0) is 16.8. The Labute approximate surface area is 148 Å². The molecule has 0 saturated heterocycles.